The Bertz CT molecular complexity index is 1180. The summed E-state index contributed by atoms with van der Waals surface area (Å²) < 4.78 is 11.9. The summed E-state index contributed by atoms with van der Waals surface area (Å²) in [5.74, 6) is -0.00537. The van der Waals surface area contributed by atoms with E-state index in [1.807, 2.05) is 0 Å². The molecular formula is C21H14ClNO4. The molecule has 2 aromatic carbocycles. The van der Waals surface area contributed by atoms with E-state index >= 15 is 0 Å². The number of fused-ring (bicyclic) bond motifs is 1. The van der Waals surface area contributed by atoms with Crippen molar-refractivity contribution < 1.29 is 13.9 Å². The summed E-state index contributed by atoms with van der Waals surface area (Å²) in [5.41, 5.74) is 0.616. The lowest BCUT2D eigenvalue weighted by atomic mass is 10.1. The molecule has 134 valence electrons. The fraction of sp³-hybridized carbons (Fsp3) is 0.0476. The van der Waals surface area contributed by atoms with E-state index in [0.29, 0.717) is 27.2 Å². The first kappa shape index (κ1) is 17.1. The molecule has 0 atom stereocenters. The summed E-state index contributed by atoms with van der Waals surface area (Å²) in [6, 6.07) is 17.2. The standard InChI is InChI=1S/C21H14ClNO4/c22-14-5-3-6-15(11-14)23-12-19(17-8-1-2-9-18(17)20(23)24)21(25)27-13-16-7-4-10-26-16/h1-12H,13H2. The maximum absolute atomic E-state index is 12.9. The Kier molecular flexibility index (Phi) is 4.52. The van der Waals surface area contributed by atoms with Crippen LogP contribution < -0.4 is 5.56 Å². The highest BCUT2D eigenvalue weighted by atomic mass is 35.5. The third-order valence-electron chi connectivity index (χ3n) is 4.16. The Balaban J connectivity index is 1.82. The van der Waals surface area contributed by atoms with Crippen LogP contribution in [0, 0.1) is 0 Å². The summed E-state index contributed by atoms with van der Waals surface area (Å²) in [5, 5.41) is 1.45. The number of ether oxygens (including phenoxy) is 1. The molecule has 0 N–H and O–H groups in total. The van der Waals surface area contributed by atoms with Gasteiger partial charge in [-0.3, -0.25) is 9.36 Å². The van der Waals surface area contributed by atoms with Crippen LogP contribution >= 0.6 is 11.6 Å². The molecule has 2 heterocycles. The molecule has 0 saturated carbocycles. The number of rotatable bonds is 4. The molecule has 2 aromatic heterocycles. The number of benzene rings is 2. The van der Waals surface area contributed by atoms with E-state index in [4.69, 9.17) is 20.8 Å². The van der Waals surface area contributed by atoms with Gasteiger partial charge in [-0.15, -0.1) is 0 Å². The molecule has 0 spiro atoms. The number of esters is 1. The van der Waals surface area contributed by atoms with Gasteiger partial charge in [-0.25, -0.2) is 4.79 Å². The smallest absolute Gasteiger partial charge is 0.340 e. The molecule has 0 unspecified atom stereocenters. The zero-order valence-electron chi connectivity index (χ0n) is 14.1. The highest BCUT2D eigenvalue weighted by molar-refractivity contribution is 6.30. The summed E-state index contributed by atoms with van der Waals surface area (Å²) in [7, 11) is 0. The number of halogens is 1. The van der Waals surface area contributed by atoms with E-state index < -0.39 is 5.97 Å². The zero-order chi connectivity index (χ0) is 18.8. The van der Waals surface area contributed by atoms with Crippen molar-refractivity contribution in [1.82, 2.24) is 4.57 Å². The molecular weight excluding hydrogens is 366 g/mol. The van der Waals surface area contributed by atoms with Crippen molar-refractivity contribution in [2.45, 2.75) is 6.61 Å². The van der Waals surface area contributed by atoms with Gasteiger partial charge in [0.1, 0.15) is 12.4 Å². The van der Waals surface area contributed by atoms with E-state index in [9.17, 15) is 9.59 Å². The van der Waals surface area contributed by atoms with Crippen molar-refractivity contribution in [2.75, 3.05) is 0 Å². The number of pyridine rings is 1. The van der Waals surface area contributed by atoms with Crippen LogP contribution in [0.15, 0.2) is 82.3 Å². The van der Waals surface area contributed by atoms with E-state index in [-0.39, 0.29) is 17.7 Å². The van der Waals surface area contributed by atoms with Crippen LogP contribution in [0.5, 0.6) is 0 Å². The van der Waals surface area contributed by atoms with Gasteiger partial charge >= 0.3 is 5.97 Å². The topological polar surface area (TPSA) is 61.4 Å². The van der Waals surface area contributed by atoms with Crippen molar-refractivity contribution in [3.8, 4) is 5.69 Å². The predicted molar refractivity (Wildman–Crippen MR) is 102 cm³/mol. The summed E-state index contributed by atoms with van der Waals surface area (Å²) in [4.78, 5) is 25.6. The lowest BCUT2D eigenvalue weighted by Crippen LogP contribution is -2.21. The zero-order valence-corrected chi connectivity index (χ0v) is 14.8. The largest absolute Gasteiger partial charge is 0.466 e. The maximum Gasteiger partial charge on any atom is 0.340 e. The van der Waals surface area contributed by atoms with Crippen LogP contribution in [0.2, 0.25) is 5.02 Å². The minimum atomic E-state index is -0.543. The van der Waals surface area contributed by atoms with E-state index in [2.05, 4.69) is 0 Å². The van der Waals surface area contributed by atoms with Crippen molar-refractivity contribution in [3.05, 3.63) is 99.8 Å². The Morgan fingerprint density at radius 3 is 2.59 bits per heavy atom. The van der Waals surface area contributed by atoms with Gasteiger partial charge in [0, 0.05) is 22.0 Å². The summed E-state index contributed by atoms with van der Waals surface area (Å²) in [6.45, 7) is 0.0104. The molecule has 0 aliphatic rings. The number of hydrogen-bond donors (Lipinski definition) is 0. The highest BCUT2D eigenvalue weighted by Crippen LogP contribution is 2.20. The van der Waals surface area contributed by atoms with Gasteiger partial charge in [0.15, 0.2) is 0 Å². The lowest BCUT2D eigenvalue weighted by Gasteiger charge is -2.12. The van der Waals surface area contributed by atoms with Crippen LogP contribution in [-0.2, 0) is 11.3 Å². The van der Waals surface area contributed by atoms with Crippen LogP contribution in [0.25, 0.3) is 16.5 Å². The second-order valence-corrected chi connectivity index (χ2v) is 6.34. The monoisotopic (exact) mass is 379 g/mol. The molecule has 6 heteroatoms. The van der Waals surface area contributed by atoms with Crippen molar-refractivity contribution in [2.24, 2.45) is 0 Å². The second-order valence-electron chi connectivity index (χ2n) is 5.90. The minimum Gasteiger partial charge on any atom is -0.466 e. The van der Waals surface area contributed by atoms with Gasteiger partial charge < -0.3 is 9.15 Å². The first-order chi connectivity index (χ1) is 13.1. The Morgan fingerprint density at radius 2 is 1.85 bits per heavy atom. The first-order valence-electron chi connectivity index (χ1n) is 8.23. The predicted octanol–water partition coefficient (Wildman–Crippen LogP) is 4.59. The van der Waals surface area contributed by atoms with Crippen molar-refractivity contribution >= 4 is 28.3 Å². The van der Waals surface area contributed by atoms with Crippen molar-refractivity contribution in [1.29, 1.82) is 0 Å². The number of nitrogens with zero attached hydrogens (tertiary/aromatic N) is 1. The van der Waals surface area contributed by atoms with Crippen LogP contribution in [-0.4, -0.2) is 10.5 Å². The molecule has 0 radical (unpaired) electrons. The molecule has 0 fully saturated rings. The number of aromatic nitrogens is 1. The molecule has 0 aliphatic heterocycles. The quantitative estimate of drug-likeness (QED) is 0.486. The maximum atomic E-state index is 12.9. The lowest BCUT2D eigenvalue weighted by molar-refractivity contribution is 0.0447. The van der Waals surface area contributed by atoms with Crippen LogP contribution in [0.3, 0.4) is 0 Å². The Hall–Kier alpha value is -3.31. The number of carbonyl (C=O) groups excluding carboxylic acids is 1. The first-order valence-corrected chi connectivity index (χ1v) is 8.61. The number of furan rings is 1. The summed E-state index contributed by atoms with van der Waals surface area (Å²) >= 11 is 6.06. The van der Waals surface area contributed by atoms with Crippen LogP contribution in [0.1, 0.15) is 16.1 Å². The van der Waals surface area contributed by atoms with Crippen molar-refractivity contribution in [3.63, 3.8) is 0 Å². The van der Waals surface area contributed by atoms with Gasteiger partial charge in [-0.1, -0.05) is 35.9 Å². The fourth-order valence-corrected chi connectivity index (χ4v) is 3.07. The Morgan fingerprint density at radius 1 is 1.04 bits per heavy atom. The average molecular weight is 380 g/mol. The third kappa shape index (κ3) is 3.37. The molecule has 0 amide bonds. The molecule has 5 nitrogen and oxygen atoms in total. The number of hydrogen-bond acceptors (Lipinski definition) is 4. The normalized spacial score (nSPS) is 10.9. The van der Waals surface area contributed by atoms with E-state index in [0.717, 1.165) is 0 Å². The molecule has 27 heavy (non-hydrogen) atoms. The van der Waals surface area contributed by atoms with Gasteiger partial charge in [-0.05, 0) is 36.4 Å². The third-order valence-corrected chi connectivity index (χ3v) is 4.39. The Labute approximate surface area is 159 Å². The van der Waals surface area contributed by atoms with Gasteiger partial charge in [0.25, 0.3) is 5.56 Å². The molecule has 4 aromatic rings. The fourth-order valence-electron chi connectivity index (χ4n) is 2.88. The summed E-state index contributed by atoms with van der Waals surface area (Å²) in [6.07, 6.45) is 3.00. The van der Waals surface area contributed by atoms with E-state index in [1.54, 1.807) is 60.7 Å². The molecule has 4 rings (SSSR count). The molecule has 0 saturated heterocycles. The van der Waals surface area contributed by atoms with Gasteiger partial charge in [0.05, 0.1) is 17.5 Å². The molecule has 0 aliphatic carbocycles. The van der Waals surface area contributed by atoms with Gasteiger partial charge in [-0.2, -0.15) is 0 Å². The minimum absolute atomic E-state index is 0.0104. The van der Waals surface area contributed by atoms with Gasteiger partial charge in [0.2, 0.25) is 0 Å². The second kappa shape index (κ2) is 7.13. The molecule has 0 bridgehead atoms. The number of carbonyl (C=O) groups is 1. The highest BCUT2D eigenvalue weighted by Gasteiger charge is 2.17. The van der Waals surface area contributed by atoms with Crippen LogP contribution in [0.4, 0.5) is 0 Å². The van der Waals surface area contributed by atoms with E-state index in [1.165, 1.54) is 17.0 Å². The SMILES string of the molecule is O=C(OCc1ccco1)c1cn(-c2cccc(Cl)c2)c(=O)c2ccccc12. The average Bonchev–Trinajstić information content (AvgIpc) is 3.20.